The Balaban J connectivity index is 1.69. The Morgan fingerprint density at radius 3 is 2.33 bits per heavy atom. The fraction of sp³-hybridized carbons (Fsp3) is 0.500. The molecule has 0 N–H and O–H groups in total. The van der Waals surface area contributed by atoms with Gasteiger partial charge in [0.2, 0.25) is 11.7 Å². The number of aromatic nitrogens is 2. The van der Waals surface area contributed by atoms with Crippen LogP contribution in [-0.4, -0.2) is 40.3 Å². The van der Waals surface area contributed by atoms with E-state index in [1.807, 2.05) is 13.8 Å². The maximum Gasteiger partial charge on any atom is 0.416 e. The van der Waals surface area contributed by atoms with Crippen LogP contribution in [0.2, 0.25) is 0 Å². The van der Waals surface area contributed by atoms with E-state index in [9.17, 15) is 13.2 Å². The highest BCUT2D eigenvalue weighted by Crippen LogP contribution is 2.30. The molecule has 3 rings (SSSR count). The molecule has 1 aromatic carbocycles. The van der Waals surface area contributed by atoms with Crippen LogP contribution in [0.4, 0.5) is 13.2 Å². The first-order chi connectivity index (χ1) is 11.3. The molecular weight excluding hydrogens is 323 g/mol. The molecule has 5 nitrogen and oxygen atoms in total. The highest BCUT2D eigenvalue weighted by molar-refractivity contribution is 5.54. The van der Waals surface area contributed by atoms with E-state index in [1.54, 1.807) is 0 Å². The Morgan fingerprint density at radius 2 is 1.75 bits per heavy atom. The molecular formula is C16H18F3N3O2. The van der Waals surface area contributed by atoms with Gasteiger partial charge in [0.1, 0.15) is 0 Å². The van der Waals surface area contributed by atoms with Crippen molar-refractivity contribution >= 4 is 0 Å². The lowest BCUT2D eigenvalue weighted by Gasteiger charge is -2.34. The molecule has 0 radical (unpaired) electrons. The summed E-state index contributed by atoms with van der Waals surface area (Å²) in [5.74, 6) is 0.722. The molecule has 1 aliphatic heterocycles. The average Bonchev–Trinajstić information content (AvgIpc) is 2.94. The zero-order chi connectivity index (χ0) is 17.3. The van der Waals surface area contributed by atoms with Crippen LogP contribution in [0, 0.1) is 0 Å². The van der Waals surface area contributed by atoms with E-state index in [-0.39, 0.29) is 18.0 Å². The van der Waals surface area contributed by atoms with Crippen LogP contribution < -0.4 is 0 Å². The number of benzene rings is 1. The summed E-state index contributed by atoms with van der Waals surface area (Å²) in [5, 5.41) is 3.86. The SMILES string of the molecule is C[C@H]1CN(Cc2nc(-c3ccc(C(F)(F)F)cc3)no2)C[C@H](C)O1. The van der Waals surface area contributed by atoms with Crippen LogP contribution in [0.1, 0.15) is 25.3 Å². The summed E-state index contributed by atoms with van der Waals surface area (Å²) in [6.07, 6.45) is -4.10. The normalized spacial score (nSPS) is 22.7. The minimum atomic E-state index is -4.36. The topological polar surface area (TPSA) is 51.4 Å². The molecule has 2 heterocycles. The first kappa shape index (κ1) is 16.9. The summed E-state index contributed by atoms with van der Waals surface area (Å²) in [6.45, 7) is 6.03. The smallest absolute Gasteiger partial charge is 0.373 e. The molecule has 2 atom stereocenters. The van der Waals surface area contributed by atoms with Gasteiger partial charge in [-0.3, -0.25) is 4.90 Å². The number of hydrogen-bond acceptors (Lipinski definition) is 5. The minimum Gasteiger partial charge on any atom is -0.373 e. The van der Waals surface area contributed by atoms with Gasteiger partial charge in [-0.15, -0.1) is 0 Å². The predicted molar refractivity (Wildman–Crippen MR) is 80.0 cm³/mol. The van der Waals surface area contributed by atoms with Crippen LogP contribution >= 0.6 is 0 Å². The quantitative estimate of drug-likeness (QED) is 0.857. The molecule has 0 bridgehead atoms. The van der Waals surface area contributed by atoms with Crippen LogP contribution in [0.25, 0.3) is 11.4 Å². The van der Waals surface area contributed by atoms with Gasteiger partial charge < -0.3 is 9.26 Å². The van der Waals surface area contributed by atoms with Crippen molar-refractivity contribution in [2.75, 3.05) is 13.1 Å². The Kier molecular flexibility index (Phi) is 4.60. The Labute approximate surface area is 137 Å². The highest BCUT2D eigenvalue weighted by atomic mass is 19.4. The lowest BCUT2D eigenvalue weighted by molar-refractivity contribution is -0.137. The monoisotopic (exact) mass is 341 g/mol. The van der Waals surface area contributed by atoms with E-state index in [2.05, 4.69) is 15.0 Å². The molecule has 130 valence electrons. The molecule has 1 aliphatic rings. The van der Waals surface area contributed by atoms with Gasteiger partial charge in [0.05, 0.1) is 24.3 Å². The van der Waals surface area contributed by atoms with E-state index in [0.29, 0.717) is 18.0 Å². The number of halogens is 3. The average molecular weight is 341 g/mol. The zero-order valence-corrected chi connectivity index (χ0v) is 13.4. The Morgan fingerprint density at radius 1 is 1.12 bits per heavy atom. The summed E-state index contributed by atoms with van der Waals surface area (Å²) in [4.78, 5) is 6.43. The molecule has 2 aromatic rings. The summed E-state index contributed by atoms with van der Waals surface area (Å²) in [7, 11) is 0. The first-order valence-corrected chi connectivity index (χ1v) is 7.69. The molecule has 0 saturated carbocycles. The zero-order valence-electron chi connectivity index (χ0n) is 13.4. The molecule has 0 spiro atoms. The van der Waals surface area contributed by atoms with Crippen LogP contribution in [-0.2, 0) is 17.5 Å². The van der Waals surface area contributed by atoms with Crippen molar-refractivity contribution in [1.29, 1.82) is 0 Å². The highest BCUT2D eigenvalue weighted by Gasteiger charge is 2.30. The van der Waals surface area contributed by atoms with Gasteiger partial charge in [0.25, 0.3) is 0 Å². The number of morpholine rings is 1. The second-order valence-electron chi connectivity index (χ2n) is 6.04. The second kappa shape index (κ2) is 6.52. The summed E-state index contributed by atoms with van der Waals surface area (Å²) in [6, 6.07) is 4.71. The number of alkyl halides is 3. The number of hydrogen-bond donors (Lipinski definition) is 0. The molecule has 0 aliphatic carbocycles. The second-order valence-corrected chi connectivity index (χ2v) is 6.04. The largest absolute Gasteiger partial charge is 0.416 e. The fourth-order valence-electron chi connectivity index (χ4n) is 2.85. The van der Waals surface area contributed by atoms with Gasteiger partial charge in [0, 0.05) is 18.7 Å². The van der Waals surface area contributed by atoms with Crippen molar-refractivity contribution in [2.45, 2.75) is 38.8 Å². The molecule has 8 heteroatoms. The molecule has 0 unspecified atom stereocenters. The number of ether oxygens (including phenoxy) is 1. The van der Waals surface area contributed by atoms with Crippen LogP contribution in [0.15, 0.2) is 28.8 Å². The Hall–Kier alpha value is -1.93. The van der Waals surface area contributed by atoms with Gasteiger partial charge in [-0.25, -0.2) is 0 Å². The van der Waals surface area contributed by atoms with Crippen molar-refractivity contribution in [3.05, 3.63) is 35.7 Å². The van der Waals surface area contributed by atoms with Crippen LogP contribution in [0.5, 0.6) is 0 Å². The maximum absolute atomic E-state index is 12.6. The van der Waals surface area contributed by atoms with Gasteiger partial charge in [0.15, 0.2) is 0 Å². The van der Waals surface area contributed by atoms with Gasteiger partial charge >= 0.3 is 6.18 Å². The lowest BCUT2D eigenvalue weighted by atomic mass is 10.1. The Bertz CT molecular complexity index is 675. The summed E-state index contributed by atoms with van der Waals surface area (Å²) >= 11 is 0. The third-order valence-electron chi connectivity index (χ3n) is 3.79. The van der Waals surface area contributed by atoms with Crippen molar-refractivity contribution in [1.82, 2.24) is 15.0 Å². The predicted octanol–water partition coefficient (Wildman–Crippen LogP) is 3.36. The third-order valence-corrected chi connectivity index (χ3v) is 3.79. The number of rotatable bonds is 3. The molecule has 1 aromatic heterocycles. The van der Waals surface area contributed by atoms with Crippen molar-refractivity contribution in [2.24, 2.45) is 0 Å². The molecule has 24 heavy (non-hydrogen) atoms. The first-order valence-electron chi connectivity index (χ1n) is 7.69. The maximum atomic E-state index is 12.6. The van der Waals surface area contributed by atoms with Gasteiger partial charge in [-0.1, -0.05) is 17.3 Å². The van der Waals surface area contributed by atoms with E-state index in [0.717, 1.165) is 25.2 Å². The third kappa shape index (κ3) is 3.93. The van der Waals surface area contributed by atoms with E-state index in [4.69, 9.17) is 9.26 Å². The van der Waals surface area contributed by atoms with E-state index in [1.165, 1.54) is 12.1 Å². The molecule has 1 saturated heterocycles. The van der Waals surface area contributed by atoms with Gasteiger partial charge in [-0.2, -0.15) is 18.2 Å². The van der Waals surface area contributed by atoms with Crippen molar-refractivity contribution in [3.63, 3.8) is 0 Å². The summed E-state index contributed by atoms with van der Waals surface area (Å²) < 4.78 is 48.6. The van der Waals surface area contributed by atoms with Crippen molar-refractivity contribution < 1.29 is 22.4 Å². The molecule has 0 amide bonds. The van der Waals surface area contributed by atoms with Crippen molar-refractivity contribution in [3.8, 4) is 11.4 Å². The number of nitrogens with zero attached hydrogens (tertiary/aromatic N) is 3. The summed E-state index contributed by atoms with van der Waals surface area (Å²) in [5.41, 5.74) is -0.215. The molecule has 1 fully saturated rings. The van der Waals surface area contributed by atoms with Gasteiger partial charge in [-0.05, 0) is 26.0 Å². The standard InChI is InChI=1S/C16H18F3N3O2/c1-10-7-22(8-11(2)23-10)9-14-20-15(21-24-14)12-3-5-13(6-4-12)16(17,18)19/h3-6,10-11H,7-9H2,1-2H3/t10-,11-/m0/s1. The van der Waals surface area contributed by atoms with E-state index >= 15 is 0 Å². The lowest BCUT2D eigenvalue weighted by Crippen LogP contribution is -2.44. The minimum absolute atomic E-state index is 0.131. The van der Waals surface area contributed by atoms with Crippen LogP contribution in [0.3, 0.4) is 0 Å². The fourth-order valence-corrected chi connectivity index (χ4v) is 2.85. The van der Waals surface area contributed by atoms with E-state index < -0.39 is 11.7 Å².